The lowest BCUT2D eigenvalue weighted by Crippen LogP contribution is -2.17. The van der Waals surface area contributed by atoms with Gasteiger partial charge in [0.05, 0.1) is 12.3 Å². The molecule has 0 saturated carbocycles. The highest BCUT2D eigenvalue weighted by Gasteiger charge is 2.21. The minimum atomic E-state index is -1.52. The summed E-state index contributed by atoms with van der Waals surface area (Å²) in [6.07, 6.45) is 0.437. The fourth-order valence-electron chi connectivity index (χ4n) is 1.42. The molecule has 0 atom stereocenters. The fourth-order valence-corrected chi connectivity index (χ4v) is 1.42. The lowest BCUT2D eigenvalue weighted by Gasteiger charge is -2.12. The molecule has 20 heavy (non-hydrogen) atoms. The van der Waals surface area contributed by atoms with Crippen LogP contribution in [0.5, 0.6) is 5.75 Å². The molecule has 0 spiro atoms. The van der Waals surface area contributed by atoms with Crippen molar-refractivity contribution in [2.24, 2.45) is 0 Å². The van der Waals surface area contributed by atoms with Gasteiger partial charge in [-0.15, -0.1) is 0 Å². The van der Waals surface area contributed by atoms with Gasteiger partial charge in [-0.25, -0.2) is 14.0 Å². The van der Waals surface area contributed by atoms with E-state index in [1.165, 1.54) is 18.2 Å². The van der Waals surface area contributed by atoms with Gasteiger partial charge in [-0.1, -0.05) is 12.7 Å². The van der Waals surface area contributed by atoms with Crippen LogP contribution in [0.25, 0.3) is 0 Å². The van der Waals surface area contributed by atoms with Crippen molar-refractivity contribution >= 4 is 17.7 Å². The van der Waals surface area contributed by atoms with Crippen LogP contribution in [0.1, 0.15) is 17.3 Å². The van der Waals surface area contributed by atoms with Crippen LogP contribution in [0.4, 0.5) is 14.9 Å². The Kier molecular flexibility index (Phi) is 5.52. The van der Waals surface area contributed by atoms with E-state index in [0.29, 0.717) is 0 Å². The first-order valence-electron chi connectivity index (χ1n) is 5.74. The minimum absolute atomic E-state index is 0.0479. The molecular weight excluding hydrogens is 269 g/mol. The Hall–Kier alpha value is -2.57. The molecule has 0 saturated heterocycles. The number of carboxylic acids is 1. The van der Waals surface area contributed by atoms with Crippen LogP contribution in [0.3, 0.4) is 0 Å². The number of carboxylic acid groups (broad SMARTS) is 1. The molecule has 0 aliphatic heterocycles. The van der Waals surface area contributed by atoms with Gasteiger partial charge in [0, 0.05) is 0 Å². The highest BCUT2D eigenvalue weighted by molar-refractivity contribution is 5.99. The molecule has 0 radical (unpaired) electrons. The zero-order valence-electron chi connectivity index (χ0n) is 10.8. The monoisotopic (exact) mass is 283 g/mol. The van der Waals surface area contributed by atoms with E-state index >= 15 is 0 Å². The average Bonchev–Trinajstić information content (AvgIpc) is 2.39. The summed E-state index contributed by atoms with van der Waals surface area (Å²) in [6.45, 7) is 5.13. The van der Waals surface area contributed by atoms with E-state index in [1.807, 2.05) is 0 Å². The van der Waals surface area contributed by atoms with Crippen LogP contribution in [0, 0.1) is 5.82 Å². The van der Waals surface area contributed by atoms with Crippen molar-refractivity contribution in [1.29, 1.82) is 0 Å². The quantitative estimate of drug-likeness (QED) is 0.784. The lowest BCUT2D eigenvalue weighted by atomic mass is 10.1. The Morgan fingerprint density at radius 3 is 2.75 bits per heavy atom. The maximum absolute atomic E-state index is 14.0. The third kappa shape index (κ3) is 3.71. The van der Waals surface area contributed by atoms with Crippen LogP contribution in [-0.2, 0) is 4.74 Å². The first-order chi connectivity index (χ1) is 9.51. The number of benzene rings is 1. The van der Waals surface area contributed by atoms with E-state index in [-0.39, 0.29) is 24.7 Å². The minimum Gasteiger partial charge on any atom is -0.491 e. The number of amides is 1. The number of ether oxygens (including phenoxy) is 2. The van der Waals surface area contributed by atoms with Gasteiger partial charge >= 0.3 is 12.1 Å². The summed E-state index contributed by atoms with van der Waals surface area (Å²) in [7, 11) is 0. The number of nitrogens with one attached hydrogen (secondary N) is 1. The number of rotatable bonds is 6. The maximum Gasteiger partial charge on any atom is 0.411 e. The number of hydrogen-bond donors (Lipinski definition) is 2. The highest BCUT2D eigenvalue weighted by Crippen LogP contribution is 2.27. The van der Waals surface area contributed by atoms with E-state index in [4.69, 9.17) is 9.84 Å². The van der Waals surface area contributed by atoms with Crippen molar-refractivity contribution in [3.63, 3.8) is 0 Å². The molecule has 0 heterocycles. The topological polar surface area (TPSA) is 84.9 Å². The van der Waals surface area contributed by atoms with E-state index in [0.717, 1.165) is 0 Å². The molecule has 0 aliphatic carbocycles. The molecule has 108 valence electrons. The van der Waals surface area contributed by atoms with E-state index in [9.17, 15) is 14.0 Å². The van der Waals surface area contributed by atoms with Crippen molar-refractivity contribution in [2.75, 3.05) is 18.5 Å². The first-order valence-corrected chi connectivity index (χ1v) is 5.74. The molecular formula is C13H14FNO5. The smallest absolute Gasteiger partial charge is 0.411 e. The average molecular weight is 283 g/mol. The second-order valence-electron chi connectivity index (χ2n) is 3.55. The Labute approximate surface area is 114 Å². The summed E-state index contributed by atoms with van der Waals surface area (Å²) in [5.74, 6) is -2.78. The molecule has 0 aliphatic rings. The largest absolute Gasteiger partial charge is 0.491 e. The molecule has 0 fully saturated rings. The highest BCUT2D eigenvalue weighted by atomic mass is 19.1. The molecule has 6 nitrogen and oxygen atoms in total. The predicted molar refractivity (Wildman–Crippen MR) is 69.7 cm³/mol. The summed E-state index contributed by atoms with van der Waals surface area (Å²) in [4.78, 5) is 22.4. The van der Waals surface area contributed by atoms with Crippen LogP contribution in [0.15, 0.2) is 24.8 Å². The SMILES string of the molecule is C=CCOC(=O)Nc1ccc(OCC)c(F)c1C(=O)O. The van der Waals surface area contributed by atoms with Gasteiger partial charge in [0.15, 0.2) is 11.6 Å². The van der Waals surface area contributed by atoms with Gasteiger partial charge in [0.2, 0.25) is 0 Å². The Morgan fingerprint density at radius 1 is 1.50 bits per heavy atom. The van der Waals surface area contributed by atoms with E-state index in [1.54, 1.807) is 6.92 Å². The Bertz CT molecular complexity index is 530. The number of carbonyl (C=O) groups excluding carboxylic acids is 1. The Balaban J connectivity index is 3.07. The third-order valence-electron chi connectivity index (χ3n) is 2.19. The van der Waals surface area contributed by atoms with E-state index < -0.39 is 23.4 Å². The predicted octanol–water partition coefficient (Wildman–Crippen LogP) is 2.66. The van der Waals surface area contributed by atoms with E-state index in [2.05, 4.69) is 16.6 Å². The van der Waals surface area contributed by atoms with Crippen LogP contribution < -0.4 is 10.1 Å². The van der Waals surface area contributed by atoms with Crippen LogP contribution >= 0.6 is 0 Å². The van der Waals surface area contributed by atoms with Gasteiger partial charge in [0.25, 0.3) is 0 Å². The van der Waals surface area contributed by atoms with Gasteiger partial charge in [0.1, 0.15) is 12.2 Å². The number of anilines is 1. The van der Waals surface area contributed by atoms with Crippen molar-refractivity contribution in [3.8, 4) is 5.75 Å². The summed E-state index contributed by atoms with van der Waals surface area (Å²) in [5.41, 5.74) is -0.904. The van der Waals surface area contributed by atoms with Crippen molar-refractivity contribution in [1.82, 2.24) is 0 Å². The molecule has 1 rings (SSSR count). The van der Waals surface area contributed by atoms with Crippen molar-refractivity contribution < 1.29 is 28.6 Å². The normalized spacial score (nSPS) is 9.70. The lowest BCUT2D eigenvalue weighted by molar-refractivity contribution is 0.0692. The molecule has 0 unspecified atom stereocenters. The van der Waals surface area contributed by atoms with Crippen molar-refractivity contribution in [3.05, 3.63) is 36.2 Å². The second kappa shape index (κ2) is 7.13. The van der Waals surface area contributed by atoms with Gasteiger partial charge in [-0.2, -0.15) is 0 Å². The molecule has 2 N–H and O–H groups in total. The number of aromatic carboxylic acids is 1. The van der Waals surface area contributed by atoms with Crippen LogP contribution in [-0.4, -0.2) is 30.4 Å². The van der Waals surface area contributed by atoms with Gasteiger partial charge in [-0.05, 0) is 19.1 Å². The summed E-state index contributed by atoms with van der Waals surface area (Å²) < 4.78 is 23.5. The molecule has 1 aromatic carbocycles. The molecule has 0 bridgehead atoms. The second-order valence-corrected chi connectivity index (χ2v) is 3.55. The number of halogens is 1. The zero-order valence-corrected chi connectivity index (χ0v) is 10.8. The van der Waals surface area contributed by atoms with Gasteiger partial charge < -0.3 is 14.6 Å². The Morgan fingerprint density at radius 2 is 2.20 bits per heavy atom. The molecule has 1 aromatic rings. The third-order valence-corrected chi connectivity index (χ3v) is 2.19. The van der Waals surface area contributed by atoms with Gasteiger partial charge in [-0.3, -0.25) is 5.32 Å². The zero-order chi connectivity index (χ0) is 15.1. The standard InChI is InChI=1S/C13H14FNO5/c1-3-7-20-13(18)15-8-5-6-9(19-4-2)11(14)10(8)12(16)17/h3,5-6H,1,4,7H2,2H3,(H,15,18)(H,16,17). The molecule has 7 heteroatoms. The number of carbonyl (C=O) groups is 2. The summed E-state index contributed by atoms with van der Waals surface area (Å²) in [5, 5.41) is 11.2. The summed E-state index contributed by atoms with van der Waals surface area (Å²) >= 11 is 0. The number of hydrogen-bond acceptors (Lipinski definition) is 4. The fraction of sp³-hybridized carbons (Fsp3) is 0.231. The maximum atomic E-state index is 14.0. The first kappa shape index (κ1) is 15.5. The van der Waals surface area contributed by atoms with Crippen LogP contribution in [0.2, 0.25) is 0 Å². The molecule has 0 aromatic heterocycles. The molecule has 1 amide bonds. The van der Waals surface area contributed by atoms with Crippen molar-refractivity contribution in [2.45, 2.75) is 6.92 Å². The summed E-state index contributed by atoms with van der Waals surface area (Å²) in [6, 6.07) is 2.46.